The minimum atomic E-state index is -0.237. The molecule has 4 nitrogen and oxygen atoms in total. The predicted molar refractivity (Wildman–Crippen MR) is 67.9 cm³/mol. The van der Waals surface area contributed by atoms with Crippen LogP contribution in [0.15, 0.2) is 0 Å². The van der Waals surface area contributed by atoms with Crippen molar-refractivity contribution in [3.63, 3.8) is 0 Å². The SMILES string of the molecule is COC(=O)C(Br)CNCCN1CCCCC1. The van der Waals surface area contributed by atoms with Crippen molar-refractivity contribution in [3.8, 4) is 0 Å². The van der Waals surface area contributed by atoms with Crippen molar-refractivity contribution in [2.45, 2.75) is 24.1 Å². The highest BCUT2D eigenvalue weighted by molar-refractivity contribution is 9.10. The topological polar surface area (TPSA) is 41.6 Å². The van der Waals surface area contributed by atoms with Gasteiger partial charge in [0, 0.05) is 19.6 Å². The number of nitrogens with one attached hydrogen (secondary N) is 1. The number of hydrogen-bond donors (Lipinski definition) is 1. The summed E-state index contributed by atoms with van der Waals surface area (Å²) in [6, 6.07) is 0. The Balaban J connectivity index is 2.00. The number of esters is 1. The average Bonchev–Trinajstić information content (AvgIpc) is 2.34. The number of ether oxygens (including phenoxy) is 1. The van der Waals surface area contributed by atoms with Gasteiger partial charge in [0.1, 0.15) is 4.83 Å². The zero-order valence-corrected chi connectivity index (χ0v) is 11.5. The lowest BCUT2D eigenvalue weighted by Crippen LogP contribution is -2.38. The van der Waals surface area contributed by atoms with Gasteiger partial charge in [0.15, 0.2) is 0 Å². The Hall–Kier alpha value is -0.130. The van der Waals surface area contributed by atoms with Gasteiger partial charge in [-0.3, -0.25) is 4.79 Å². The van der Waals surface area contributed by atoms with Gasteiger partial charge in [0.25, 0.3) is 0 Å². The third-order valence-electron chi connectivity index (χ3n) is 2.83. The third kappa shape index (κ3) is 5.27. The highest BCUT2D eigenvalue weighted by Crippen LogP contribution is 2.07. The minimum absolute atomic E-state index is 0.217. The molecule has 0 aromatic carbocycles. The fraction of sp³-hybridized carbons (Fsp3) is 0.909. The van der Waals surface area contributed by atoms with Crippen molar-refractivity contribution in [2.24, 2.45) is 0 Å². The van der Waals surface area contributed by atoms with Crippen molar-refractivity contribution in [1.82, 2.24) is 10.2 Å². The van der Waals surface area contributed by atoms with Gasteiger partial charge in [-0.25, -0.2) is 0 Å². The first-order chi connectivity index (χ1) is 7.74. The summed E-state index contributed by atoms with van der Waals surface area (Å²) < 4.78 is 4.62. The van der Waals surface area contributed by atoms with Crippen molar-refractivity contribution in [3.05, 3.63) is 0 Å². The number of carbonyl (C=O) groups is 1. The summed E-state index contributed by atoms with van der Waals surface area (Å²) in [7, 11) is 1.41. The van der Waals surface area contributed by atoms with E-state index in [1.165, 1.54) is 39.5 Å². The molecule has 0 aliphatic carbocycles. The summed E-state index contributed by atoms with van der Waals surface area (Å²) >= 11 is 3.28. The molecular weight excluding hydrogens is 272 g/mol. The molecule has 16 heavy (non-hydrogen) atoms. The standard InChI is InChI=1S/C11H21BrN2O2/c1-16-11(15)10(12)9-13-5-8-14-6-3-2-4-7-14/h10,13H,2-9H2,1H3. The lowest BCUT2D eigenvalue weighted by atomic mass is 10.1. The number of carbonyl (C=O) groups excluding carboxylic acids is 1. The normalized spacial score (nSPS) is 19.4. The number of likely N-dealkylation sites (tertiary alicyclic amines) is 1. The Morgan fingerprint density at radius 3 is 2.75 bits per heavy atom. The highest BCUT2D eigenvalue weighted by Gasteiger charge is 2.14. The second kappa shape index (κ2) is 8.03. The first-order valence-corrected chi connectivity index (χ1v) is 6.80. The van der Waals surface area contributed by atoms with Gasteiger partial charge in [-0.2, -0.15) is 0 Å². The van der Waals surface area contributed by atoms with Crippen molar-refractivity contribution < 1.29 is 9.53 Å². The Morgan fingerprint density at radius 1 is 1.44 bits per heavy atom. The molecule has 0 bridgehead atoms. The number of piperidine rings is 1. The van der Waals surface area contributed by atoms with Gasteiger partial charge in [-0.05, 0) is 25.9 Å². The van der Waals surface area contributed by atoms with Gasteiger partial charge in [0.2, 0.25) is 0 Å². The van der Waals surface area contributed by atoms with Crippen LogP contribution in [0.1, 0.15) is 19.3 Å². The molecule has 1 aliphatic heterocycles. The molecule has 1 heterocycles. The van der Waals surface area contributed by atoms with E-state index in [2.05, 4.69) is 30.9 Å². The first-order valence-electron chi connectivity index (χ1n) is 5.89. The van der Waals surface area contributed by atoms with Gasteiger partial charge in [0.05, 0.1) is 7.11 Å². The van der Waals surface area contributed by atoms with Crippen LogP contribution in [-0.4, -0.2) is 55.5 Å². The van der Waals surface area contributed by atoms with Gasteiger partial charge < -0.3 is 15.0 Å². The number of halogens is 1. The van der Waals surface area contributed by atoms with Crippen molar-refractivity contribution in [2.75, 3.05) is 39.8 Å². The Morgan fingerprint density at radius 2 is 2.12 bits per heavy atom. The Labute approximate surface area is 106 Å². The monoisotopic (exact) mass is 292 g/mol. The van der Waals surface area contributed by atoms with Crippen molar-refractivity contribution >= 4 is 21.9 Å². The summed E-state index contributed by atoms with van der Waals surface area (Å²) in [5.74, 6) is -0.217. The highest BCUT2D eigenvalue weighted by atomic mass is 79.9. The quantitative estimate of drug-likeness (QED) is 0.451. The van der Waals surface area contributed by atoms with E-state index in [9.17, 15) is 4.79 Å². The molecule has 1 fully saturated rings. The summed E-state index contributed by atoms with van der Waals surface area (Å²) in [6.45, 7) is 5.06. The smallest absolute Gasteiger partial charge is 0.320 e. The largest absolute Gasteiger partial charge is 0.468 e. The first kappa shape index (κ1) is 13.9. The fourth-order valence-corrected chi connectivity index (χ4v) is 2.28. The maximum atomic E-state index is 11.1. The molecule has 1 atom stereocenters. The molecule has 0 aromatic rings. The van der Waals surface area contributed by atoms with Crippen LogP contribution in [0.4, 0.5) is 0 Å². The van der Waals surface area contributed by atoms with Gasteiger partial charge in [-0.1, -0.05) is 22.4 Å². The molecule has 5 heteroatoms. The molecule has 0 radical (unpaired) electrons. The van der Waals surface area contributed by atoms with Crippen LogP contribution in [0.3, 0.4) is 0 Å². The van der Waals surface area contributed by atoms with Crippen LogP contribution in [0.25, 0.3) is 0 Å². The van der Waals surface area contributed by atoms with E-state index in [0.29, 0.717) is 6.54 Å². The number of methoxy groups -OCH3 is 1. The number of nitrogens with zero attached hydrogens (tertiary/aromatic N) is 1. The lowest BCUT2D eigenvalue weighted by Gasteiger charge is -2.26. The van der Waals surface area contributed by atoms with E-state index in [0.717, 1.165) is 13.1 Å². The zero-order valence-electron chi connectivity index (χ0n) is 9.88. The van der Waals surface area contributed by atoms with Crippen LogP contribution < -0.4 is 5.32 Å². The average molecular weight is 293 g/mol. The molecule has 1 unspecified atom stereocenters. The Bertz CT molecular complexity index is 208. The second-order valence-corrected chi connectivity index (χ2v) is 5.20. The van der Waals surface area contributed by atoms with Crippen LogP contribution in [0.2, 0.25) is 0 Å². The molecule has 0 spiro atoms. The number of rotatable bonds is 6. The molecule has 1 aliphatic rings. The number of hydrogen-bond acceptors (Lipinski definition) is 4. The van der Waals surface area contributed by atoms with E-state index in [1.807, 2.05) is 0 Å². The maximum Gasteiger partial charge on any atom is 0.320 e. The Kier molecular flexibility index (Phi) is 7.00. The van der Waals surface area contributed by atoms with Crippen molar-refractivity contribution in [1.29, 1.82) is 0 Å². The molecule has 1 saturated heterocycles. The maximum absolute atomic E-state index is 11.1. The minimum Gasteiger partial charge on any atom is -0.468 e. The van der Waals surface area contributed by atoms with Crippen LogP contribution in [-0.2, 0) is 9.53 Å². The van der Waals surface area contributed by atoms with E-state index >= 15 is 0 Å². The molecule has 94 valence electrons. The molecule has 0 saturated carbocycles. The van der Waals surface area contributed by atoms with Gasteiger partial charge >= 0.3 is 5.97 Å². The molecular formula is C11H21BrN2O2. The summed E-state index contributed by atoms with van der Waals surface area (Å²) in [5, 5.41) is 3.26. The molecule has 0 amide bonds. The van der Waals surface area contributed by atoms with E-state index in [4.69, 9.17) is 0 Å². The van der Waals surface area contributed by atoms with Gasteiger partial charge in [-0.15, -0.1) is 0 Å². The number of alkyl halides is 1. The molecule has 0 aromatic heterocycles. The summed E-state index contributed by atoms with van der Waals surface area (Å²) in [4.78, 5) is 13.3. The predicted octanol–water partition coefficient (Wildman–Crippen LogP) is 0.998. The van der Waals surface area contributed by atoms with E-state index in [-0.39, 0.29) is 10.8 Å². The summed E-state index contributed by atoms with van der Waals surface area (Å²) in [6.07, 6.45) is 4.02. The van der Waals surface area contributed by atoms with Crippen LogP contribution in [0.5, 0.6) is 0 Å². The summed E-state index contributed by atoms with van der Waals surface area (Å²) in [5.41, 5.74) is 0. The van der Waals surface area contributed by atoms with Crippen LogP contribution >= 0.6 is 15.9 Å². The lowest BCUT2D eigenvalue weighted by molar-refractivity contribution is -0.139. The van der Waals surface area contributed by atoms with Crippen LogP contribution in [0, 0.1) is 0 Å². The molecule has 1 N–H and O–H groups in total. The van der Waals surface area contributed by atoms with E-state index in [1.54, 1.807) is 0 Å². The second-order valence-electron chi connectivity index (χ2n) is 4.10. The molecule has 1 rings (SSSR count). The van der Waals surface area contributed by atoms with E-state index < -0.39 is 0 Å². The zero-order chi connectivity index (χ0) is 11.8. The fourth-order valence-electron chi connectivity index (χ4n) is 1.86. The third-order valence-corrected chi connectivity index (χ3v) is 3.53.